The molecule has 2 aromatic rings. The highest BCUT2D eigenvalue weighted by molar-refractivity contribution is 8.00. The maximum atomic E-state index is 13.0. The molecule has 1 aliphatic rings. The molecule has 2 atom stereocenters. The van der Waals surface area contributed by atoms with Gasteiger partial charge in [-0.15, -0.1) is 11.8 Å². The van der Waals surface area contributed by atoms with Crippen molar-refractivity contribution in [3.8, 4) is 5.69 Å². The summed E-state index contributed by atoms with van der Waals surface area (Å²) in [4.78, 5) is -0.336. The fraction of sp³-hybridized carbons (Fsp3) is 0.400. The number of rotatable bonds is 3. The predicted octanol–water partition coefficient (Wildman–Crippen LogP) is 4.03. The van der Waals surface area contributed by atoms with Crippen molar-refractivity contribution in [1.29, 1.82) is 0 Å². The van der Waals surface area contributed by atoms with Crippen LogP contribution >= 0.6 is 35.0 Å². The average Bonchev–Trinajstić information content (AvgIpc) is 3.11. The first-order valence-corrected chi connectivity index (χ1v) is 10.9. The molecule has 1 aromatic carbocycles. The van der Waals surface area contributed by atoms with E-state index in [1.807, 2.05) is 6.92 Å². The van der Waals surface area contributed by atoms with Crippen LogP contribution in [-0.4, -0.2) is 32.9 Å². The standard InChI is InChI=1S/C15H15Cl2F3N4OS2/c1-14(22-3-4-26-14)12-11(27(2)25)13(21)24(23-12)10-8(16)5-7(6-9(10)17)15(18,19)20/h5-6,22H,3-4,21H2,1-2H3. The van der Waals surface area contributed by atoms with E-state index in [2.05, 4.69) is 10.4 Å². The second kappa shape index (κ2) is 7.23. The molecule has 1 aliphatic heterocycles. The summed E-state index contributed by atoms with van der Waals surface area (Å²) in [6.07, 6.45) is -3.14. The number of anilines is 1. The van der Waals surface area contributed by atoms with Crippen molar-refractivity contribution < 1.29 is 17.7 Å². The first-order valence-electron chi connectivity index (χ1n) is 7.63. The van der Waals surface area contributed by atoms with Crippen LogP contribution in [0.25, 0.3) is 5.69 Å². The molecule has 0 spiro atoms. The number of benzene rings is 1. The SMILES string of the molecule is C[S+]([O-])c1c(C2(C)NCCS2)nn(-c2c(Cl)cc(C(F)(F)F)cc2Cl)c1N. The lowest BCUT2D eigenvalue weighted by molar-refractivity contribution is -0.137. The molecule has 0 radical (unpaired) electrons. The van der Waals surface area contributed by atoms with E-state index in [1.165, 1.54) is 6.26 Å². The molecule has 2 heterocycles. The molecule has 1 saturated heterocycles. The minimum atomic E-state index is -4.60. The Labute approximate surface area is 170 Å². The van der Waals surface area contributed by atoms with Crippen molar-refractivity contribution in [1.82, 2.24) is 15.1 Å². The summed E-state index contributed by atoms with van der Waals surface area (Å²) in [5.41, 5.74) is 5.62. The molecule has 27 heavy (non-hydrogen) atoms. The maximum Gasteiger partial charge on any atom is 0.416 e. The van der Waals surface area contributed by atoms with Crippen molar-refractivity contribution in [2.24, 2.45) is 0 Å². The van der Waals surface area contributed by atoms with Crippen LogP contribution in [0, 0.1) is 0 Å². The first-order chi connectivity index (χ1) is 12.5. The van der Waals surface area contributed by atoms with Gasteiger partial charge in [-0.2, -0.15) is 18.3 Å². The molecule has 1 fully saturated rings. The predicted molar refractivity (Wildman–Crippen MR) is 103 cm³/mol. The number of hydrogen-bond donors (Lipinski definition) is 2. The van der Waals surface area contributed by atoms with E-state index in [0.29, 0.717) is 10.6 Å². The largest absolute Gasteiger partial charge is 0.611 e. The van der Waals surface area contributed by atoms with Crippen LogP contribution in [0.1, 0.15) is 18.2 Å². The Hall–Kier alpha value is -0.780. The molecule has 12 heteroatoms. The first kappa shape index (κ1) is 20.9. The van der Waals surface area contributed by atoms with Gasteiger partial charge in [-0.05, 0) is 30.2 Å². The molecule has 1 aromatic heterocycles. The average molecular weight is 459 g/mol. The normalized spacial score (nSPS) is 21.6. The van der Waals surface area contributed by atoms with E-state index in [9.17, 15) is 17.7 Å². The summed E-state index contributed by atoms with van der Waals surface area (Å²) in [6, 6.07) is 1.52. The van der Waals surface area contributed by atoms with Crippen molar-refractivity contribution >= 4 is 52.0 Å². The maximum absolute atomic E-state index is 13.0. The Kier molecular flexibility index (Phi) is 5.61. The number of hydrogen-bond acceptors (Lipinski definition) is 5. The Bertz CT molecular complexity index is 860. The van der Waals surface area contributed by atoms with Gasteiger partial charge in [0.15, 0.2) is 11.5 Å². The van der Waals surface area contributed by atoms with Crippen LogP contribution in [0.3, 0.4) is 0 Å². The van der Waals surface area contributed by atoms with Crippen LogP contribution < -0.4 is 11.1 Å². The third-order valence-corrected chi connectivity index (χ3v) is 7.00. The quantitative estimate of drug-likeness (QED) is 0.678. The summed E-state index contributed by atoms with van der Waals surface area (Å²) in [5, 5.41) is 7.19. The lowest BCUT2D eigenvalue weighted by Crippen LogP contribution is -2.32. The van der Waals surface area contributed by atoms with Crippen molar-refractivity contribution in [3.63, 3.8) is 0 Å². The van der Waals surface area contributed by atoms with Crippen LogP contribution in [0.5, 0.6) is 0 Å². The van der Waals surface area contributed by atoms with Crippen molar-refractivity contribution in [2.45, 2.75) is 22.9 Å². The minimum absolute atomic E-state index is 0.00776. The fourth-order valence-electron chi connectivity index (χ4n) is 2.86. The zero-order chi connectivity index (χ0) is 20.1. The van der Waals surface area contributed by atoms with Gasteiger partial charge in [-0.25, -0.2) is 4.68 Å². The second-order valence-electron chi connectivity index (χ2n) is 6.02. The fourth-order valence-corrected chi connectivity index (χ4v) is 5.57. The van der Waals surface area contributed by atoms with E-state index in [4.69, 9.17) is 28.9 Å². The molecule has 0 bridgehead atoms. The number of thioether (sulfide) groups is 1. The van der Waals surface area contributed by atoms with Gasteiger partial charge in [0.1, 0.15) is 16.8 Å². The molecule has 5 nitrogen and oxygen atoms in total. The molecule has 0 aliphatic carbocycles. The zero-order valence-electron chi connectivity index (χ0n) is 14.2. The van der Waals surface area contributed by atoms with Crippen LogP contribution in [0.4, 0.5) is 19.0 Å². The van der Waals surface area contributed by atoms with E-state index in [0.717, 1.165) is 29.1 Å². The van der Waals surface area contributed by atoms with Crippen LogP contribution in [0.2, 0.25) is 10.0 Å². The Morgan fingerprint density at radius 1 is 1.37 bits per heavy atom. The molecule has 3 rings (SSSR count). The summed E-state index contributed by atoms with van der Waals surface area (Å²) in [6.45, 7) is 2.61. The van der Waals surface area contributed by atoms with Crippen LogP contribution in [-0.2, 0) is 22.2 Å². The molecule has 0 saturated carbocycles. The summed E-state index contributed by atoms with van der Waals surface area (Å²) in [5.74, 6) is 0.839. The molecular formula is C15H15Cl2F3N4OS2. The molecule has 0 amide bonds. The Morgan fingerprint density at radius 3 is 2.41 bits per heavy atom. The highest BCUT2D eigenvalue weighted by Crippen LogP contribution is 2.44. The monoisotopic (exact) mass is 458 g/mol. The zero-order valence-corrected chi connectivity index (χ0v) is 17.3. The number of aromatic nitrogens is 2. The van der Waals surface area contributed by atoms with Gasteiger partial charge in [-0.1, -0.05) is 23.2 Å². The van der Waals surface area contributed by atoms with Gasteiger partial charge in [0.25, 0.3) is 0 Å². The number of nitrogens with two attached hydrogens (primary N) is 1. The van der Waals surface area contributed by atoms with Gasteiger partial charge in [0.2, 0.25) is 4.90 Å². The van der Waals surface area contributed by atoms with Crippen molar-refractivity contribution in [3.05, 3.63) is 33.4 Å². The highest BCUT2D eigenvalue weighted by Gasteiger charge is 2.41. The third-order valence-electron chi connectivity index (χ3n) is 4.13. The number of nitrogens with zero attached hydrogens (tertiary/aromatic N) is 2. The Morgan fingerprint density at radius 2 is 1.96 bits per heavy atom. The van der Waals surface area contributed by atoms with Gasteiger partial charge in [-0.3, -0.25) is 5.32 Å². The van der Waals surface area contributed by atoms with Crippen molar-refractivity contribution in [2.75, 3.05) is 24.3 Å². The second-order valence-corrected chi connectivity index (χ2v) is 9.67. The topological polar surface area (TPSA) is 78.9 Å². The van der Waals surface area contributed by atoms with Gasteiger partial charge in [0, 0.05) is 12.3 Å². The molecule has 3 N–H and O–H groups in total. The summed E-state index contributed by atoms with van der Waals surface area (Å²) in [7, 11) is 0. The summed E-state index contributed by atoms with van der Waals surface area (Å²) < 4.78 is 52.4. The van der Waals surface area contributed by atoms with E-state index in [1.54, 1.807) is 11.8 Å². The minimum Gasteiger partial charge on any atom is -0.611 e. The highest BCUT2D eigenvalue weighted by atomic mass is 35.5. The summed E-state index contributed by atoms with van der Waals surface area (Å²) >= 11 is 12.3. The smallest absolute Gasteiger partial charge is 0.416 e. The molecule has 2 unspecified atom stereocenters. The number of alkyl halides is 3. The number of nitrogen functional groups attached to an aromatic ring is 1. The van der Waals surface area contributed by atoms with Gasteiger partial charge < -0.3 is 10.3 Å². The number of halogens is 5. The van der Waals surface area contributed by atoms with E-state index < -0.39 is 27.8 Å². The molecule has 148 valence electrons. The van der Waals surface area contributed by atoms with Gasteiger partial charge in [0.05, 0.1) is 15.6 Å². The number of nitrogens with one attached hydrogen (secondary N) is 1. The molecular weight excluding hydrogens is 444 g/mol. The lowest BCUT2D eigenvalue weighted by atomic mass is 10.2. The lowest BCUT2D eigenvalue weighted by Gasteiger charge is -2.21. The van der Waals surface area contributed by atoms with Crippen LogP contribution in [0.15, 0.2) is 17.0 Å². The van der Waals surface area contributed by atoms with E-state index in [-0.39, 0.29) is 21.6 Å². The van der Waals surface area contributed by atoms with E-state index >= 15 is 0 Å². The Balaban J connectivity index is 2.22. The third kappa shape index (κ3) is 3.75. The van der Waals surface area contributed by atoms with Gasteiger partial charge >= 0.3 is 6.18 Å².